The monoisotopic (exact) mass is 481 g/mol. The van der Waals surface area contributed by atoms with Crippen molar-refractivity contribution in [2.24, 2.45) is 0 Å². The summed E-state index contributed by atoms with van der Waals surface area (Å²) < 4.78 is 38.9. The molecule has 0 saturated carbocycles. The number of nitrogens with one attached hydrogen (secondary N) is 2. The summed E-state index contributed by atoms with van der Waals surface area (Å²) in [5.41, 5.74) is 0.844. The molecule has 0 aromatic heterocycles. The Bertz CT molecular complexity index is 998. The third-order valence-electron chi connectivity index (χ3n) is 5.16. The van der Waals surface area contributed by atoms with Crippen LogP contribution >= 0.6 is 11.6 Å². The van der Waals surface area contributed by atoms with Crippen LogP contribution in [0.15, 0.2) is 53.4 Å². The quantitative estimate of drug-likeness (QED) is 0.536. The Labute approximate surface area is 193 Å². The molecule has 1 saturated heterocycles. The van der Waals surface area contributed by atoms with Crippen LogP contribution in [0.1, 0.15) is 5.56 Å². The zero-order chi connectivity index (χ0) is 23.0. The van der Waals surface area contributed by atoms with Gasteiger partial charge in [0.05, 0.1) is 30.2 Å². The molecule has 1 aliphatic heterocycles. The van der Waals surface area contributed by atoms with Crippen molar-refractivity contribution in [1.29, 1.82) is 0 Å². The molecular weight excluding hydrogens is 454 g/mol. The number of carbonyl (C=O) groups is 1. The van der Waals surface area contributed by atoms with Crippen molar-refractivity contribution < 1.29 is 22.7 Å². The maximum absolute atomic E-state index is 13.0. The van der Waals surface area contributed by atoms with Crippen LogP contribution in [0.25, 0.3) is 0 Å². The third kappa shape index (κ3) is 6.91. The number of hydrogen-bond acceptors (Lipinski definition) is 6. The van der Waals surface area contributed by atoms with Crippen LogP contribution < -0.4 is 14.8 Å². The van der Waals surface area contributed by atoms with Gasteiger partial charge in [0.1, 0.15) is 11.8 Å². The molecule has 174 valence electrons. The fraction of sp³-hybridized carbons (Fsp3) is 0.409. The minimum atomic E-state index is -4.00. The van der Waals surface area contributed by atoms with Crippen LogP contribution in [-0.2, 0) is 26.0 Å². The number of nitrogens with zero attached hydrogens (tertiary/aromatic N) is 1. The minimum absolute atomic E-state index is 0.0394. The average molecular weight is 482 g/mol. The second-order valence-electron chi connectivity index (χ2n) is 7.40. The molecule has 0 aliphatic carbocycles. The molecule has 0 bridgehead atoms. The molecule has 1 fully saturated rings. The van der Waals surface area contributed by atoms with Crippen molar-refractivity contribution in [1.82, 2.24) is 14.9 Å². The van der Waals surface area contributed by atoms with Crippen LogP contribution in [-0.4, -0.2) is 71.8 Å². The first-order valence-corrected chi connectivity index (χ1v) is 12.2. The van der Waals surface area contributed by atoms with Crippen LogP contribution in [0.2, 0.25) is 5.02 Å². The second kappa shape index (κ2) is 11.6. The normalized spacial score (nSPS) is 15.8. The number of sulfonamides is 1. The van der Waals surface area contributed by atoms with Gasteiger partial charge in [0.15, 0.2) is 0 Å². The average Bonchev–Trinajstić information content (AvgIpc) is 2.80. The standard InChI is InChI=1S/C22H28ClN3O5S/c1-30-21-8-7-18(16-19(21)23)32(28,29)25-20(15-17-5-3-2-4-6-17)22(27)24-9-10-26-11-13-31-14-12-26/h2-8,16,20,25H,9-15H2,1H3,(H,24,27). The van der Waals surface area contributed by atoms with E-state index in [0.717, 1.165) is 18.7 Å². The highest BCUT2D eigenvalue weighted by molar-refractivity contribution is 7.89. The molecule has 3 rings (SSSR count). The second-order valence-corrected chi connectivity index (χ2v) is 9.53. The van der Waals surface area contributed by atoms with E-state index in [1.807, 2.05) is 30.3 Å². The van der Waals surface area contributed by atoms with E-state index in [9.17, 15) is 13.2 Å². The van der Waals surface area contributed by atoms with Gasteiger partial charge in [0.25, 0.3) is 0 Å². The molecule has 2 aromatic carbocycles. The number of ether oxygens (including phenoxy) is 2. The summed E-state index contributed by atoms with van der Waals surface area (Å²) in [6.45, 7) is 4.07. The van der Waals surface area contributed by atoms with Gasteiger partial charge in [0, 0.05) is 26.2 Å². The third-order valence-corrected chi connectivity index (χ3v) is 6.93. The van der Waals surface area contributed by atoms with Crippen molar-refractivity contribution in [3.63, 3.8) is 0 Å². The maximum Gasteiger partial charge on any atom is 0.241 e. The van der Waals surface area contributed by atoms with Gasteiger partial charge < -0.3 is 14.8 Å². The molecule has 2 aromatic rings. The fourth-order valence-electron chi connectivity index (χ4n) is 3.39. The molecule has 32 heavy (non-hydrogen) atoms. The van der Waals surface area contributed by atoms with Crippen LogP contribution in [0.4, 0.5) is 0 Å². The number of benzene rings is 2. The van der Waals surface area contributed by atoms with E-state index < -0.39 is 16.1 Å². The Morgan fingerprint density at radius 3 is 2.56 bits per heavy atom. The van der Waals surface area contributed by atoms with E-state index in [2.05, 4.69) is 14.9 Å². The topological polar surface area (TPSA) is 97.0 Å². The molecule has 1 heterocycles. The van der Waals surface area contributed by atoms with Gasteiger partial charge in [-0.05, 0) is 30.2 Å². The van der Waals surface area contributed by atoms with E-state index in [1.54, 1.807) is 0 Å². The maximum atomic E-state index is 13.0. The molecule has 1 amide bonds. The lowest BCUT2D eigenvalue weighted by molar-refractivity contribution is -0.122. The first-order valence-electron chi connectivity index (χ1n) is 10.4. The molecular formula is C22H28ClN3O5S. The van der Waals surface area contributed by atoms with Crippen molar-refractivity contribution in [3.05, 3.63) is 59.1 Å². The van der Waals surface area contributed by atoms with Crippen molar-refractivity contribution >= 4 is 27.5 Å². The van der Waals surface area contributed by atoms with Crippen LogP contribution in [0.5, 0.6) is 5.75 Å². The largest absolute Gasteiger partial charge is 0.495 e. The lowest BCUT2D eigenvalue weighted by atomic mass is 10.1. The Morgan fingerprint density at radius 1 is 1.19 bits per heavy atom. The van der Waals surface area contributed by atoms with Gasteiger partial charge >= 0.3 is 0 Å². The van der Waals surface area contributed by atoms with Crippen LogP contribution in [0.3, 0.4) is 0 Å². The molecule has 1 unspecified atom stereocenters. The summed E-state index contributed by atoms with van der Waals surface area (Å²) in [7, 11) is -2.55. The first kappa shape index (κ1) is 24.5. The van der Waals surface area contributed by atoms with E-state index in [0.29, 0.717) is 32.1 Å². The van der Waals surface area contributed by atoms with Crippen molar-refractivity contribution in [2.45, 2.75) is 17.4 Å². The summed E-state index contributed by atoms with van der Waals surface area (Å²) in [6, 6.07) is 12.5. The number of morpholine rings is 1. The summed E-state index contributed by atoms with van der Waals surface area (Å²) in [5, 5.41) is 3.03. The van der Waals surface area contributed by atoms with Gasteiger partial charge in [0.2, 0.25) is 15.9 Å². The van der Waals surface area contributed by atoms with Gasteiger partial charge in [-0.15, -0.1) is 0 Å². The number of halogens is 1. The number of carbonyl (C=O) groups excluding carboxylic acids is 1. The molecule has 1 aliphatic rings. The fourth-order valence-corrected chi connectivity index (χ4v) is 4.94. The molecule has 0 radical (unpaired) electrons. The lowest BCUT2D eigenvalue weighted by Crippen LogP contribution is -2.49. The summed E-state index contributed by atoms with van der Waals surface area (Å²) in [5.74, 6) is -0.0161. The number of methoxy groups -OCH3 is 1. The predicted molar refractivity (Wildman–Crippen MR) is 123 cm³/mol. The zero-order valence-electron chi connectivity index (χ0n) is 17.9. The molecule has 8 nitrogen and oxygen atoms in total. The SMILES string of the molecule is COc1ccc(S(=O)(=O)NC(Cc2ccccc2)C(=O)NCCN2CCOCC2)cc1Cl. The van der Waals surface area contributed by atoms with E-state index in [4.69, 9.17) is 21.1 Å². The molecule has 10 heteroatoms. The minimum Gasteiger partial charge on any atom is -0.495 e. The molecule has 1 atom stereocenters. The Balaban J connectivity index is 1.71. The van der Waals surface area contributed by atoms with E-state index in [-0.39, 0.29) is 22.2 Å². The van der Waals surface area contributed by atoms with Crippen molar-refractivity contribution in [3.8, 4) is 5.75 Å². The Kier molecular flexibility index (Phi) is 8.89. The summed E-state index contributed by atoms with van der Waals surface area (Å²) in [6.07, 6.45) is 0.216. The summed E-state index contributed by atoms with van der Waals surface area (Å²) in [4.78, 5) is 15.1. The smallest absolute Gasteiger partial charge is 0.241 e. The highest BCUT2D eigenvalue weighted by Gasteiger charge is 2.26. The number of hydrogen-bond donors (Lipinski definition) is 2. The zero-order valence-corrected chi connectivity index (χ0v) is 19.5. The summed E-state index contributed by atoms with van der Waals surface area (Å²) >= 11 is 6.10. The van der Waals surface area contributed by atoms with E-state index in [1.165, 1.54) is 25.3 Å². The molecule has 2 N–H and O–H groups in total. The predicted octanol–water partition coefficient (Wildman–Crippen LogP) is 1.69. The highest BCUT2D eigenvalue weighted by atomic mass is 35.5. The van der Waals surface area contributed by atoms with Gasteiger partial charge in [-0.3, -0.25) is 9.69 Å². The Morgan fingerprint density at radius 2 is 1.91 bits per heavy atom. The first-order chi connectivity index (χ1) is 15.4. The number of rotatable bonds is 10. The van der Waals surface area contributed by atoms with Gasteiger partial charge in [-0.2, -0.15) is 4.72 Å². The highest BCUT2D eigenvalue weighted by Crippen LogP contribution is 2.27. The van der Waals surface area contributed by atoms with E-state index >= 15 is 0 Å². The van der Waals surface area contributed by atoms with Crippen molar-refractivity contribution in [2.75, 3.05) is 46.5 Å². The van der Waals surface area contributed by atoms with Crippen LogP contribution in [0, 0.1) is 0 Å². The lowest BCUT2D eigenvalue weighted by Gasteiger charge is -2.27. The number of amides is 1. The van der Waals surface area contributed by atoms with Gasteiger partial charge in [-0.1, -0.05) is 41.9 Å². The van der Waals surface area contributed by atoms with Gasteiger partial charge in [-0.25, -0.2) is 8.42 Å². The molecule has 0 spiro atoms. The Hall–Kier alpha value is -2.17.